The fourth-order valence-electron chi connectivity index (χ4n) is 2.62. The van der Waals surface area contributed by atoms with Gasteiger partial charge in [0.05, 0.1) is 11.3 Å². The van der Waals surface area contributed by atoms with Gasteiger partial charge in [-0.05, 0) is 37.6 Å². The summed E-state index contributed by atoms with van der Waals surface area (Å²) < 4.78 is 0. The second kappa shape index (κ2) is 5.18. The van der Waals surface area contributed by atoms with Gasteiger partial charge in [-0.3, -0.25) is 4.79 Å². The maximum absolute atomic E-state index is 12.6. The molecular formula is C17H16N2O3. The van der Waals surface area contributed by atoms with E-state index in [0.717, 1.165) is 27.6 Å². The summed E-state index contributed by atoms with van der Waals surface area (Å²) >= 11 is 0. The first kappa shape index (κ1) is 14.1. The Morgan fingerprint density at radius 2 is 2.00 bits per heavy atom. The molecule has 1 aromatic heterocycles. The predicted octanol–water partition coefficient (Wildman–Crippen LogP) is 3.00. The highest BCUT2D eigenvalue weighted by atomic mass is 16.7. The Morgan fingerprint density at radius 1 is 1.27 bits per heavy atom. The Bertz CT molecular complexity index is 802. The molecule has 0 unspecified atom stereocenters. The highest BCUT2D eigenvalue weighted by Gasteiger charge is 2.34. The summed E-state index contributed by atoms with van der Waals surface area (Å²) in [4.78, 5) is 32.1. The van der Waals surface area contributed by atoms with Gasteiger partial charge in [-0.2, -0.15) is 0 Å². The average Bonchev–Trinajstić information content (AvgIpc) is 2.91. The Kier molecular flexibility index (Phi) is 3.33. The number of benzene rings is 1. The van der Waals surface area contributed by atoms with E-state index in [9.17, 15) is 9.59 Å². The summed E-state index contributed by atoms with van der Waals surface area (Å²) in [7, 11) is 0. The van der Waals surface area contributed by atoms with Crippen LogP contribution in [0.25, 0.3) is 11.6 Å². The number of hydrogen-bond acceptors (Lipinski definition) is 3. The zero-order valence-electron chi connectivity index (χ0n) is 12.6. The smallest absolute Gasteiger partial charge is 0.330 e. The van der Waals surface area contributed by atoms with E-state index in [1.807, 2.05) is 32.0 Å². The number of fused-ring (bicyclic) bond motifs is 1. The van der Waals surface area contributed by atoms with Crippen molar-refractivity contribution < 1.29 is 14.4 Å². The first-order valence-corrected chi connectivity index (χ1v) is 6.97. The fraction of sp³-hybridized carbons (Fsp3) is 0.176. The minimum atomic E-state index is -0.531. The molecule has 1 N–H and O–H groups in total. The molecule has 112 valence electrons. The molecule has 5 nitrogen and oxygen atoms in total. The third kappa shape index (κ3) is 2.30. The minimum absolute atomic E-state index is 0.344. The van der Waals surface area contributed by atoms with E-state index in [1.165, 1.54) is 6.92 Å². The van der Waals surface area contributed by atoms with E-state index in [-0.39, 0.29) is 5.91 Å². The molecule has 0 aliphatic carbocycles. The van der Waals surface area contributed by atoms with Crippen molar-refractivity contribution in [3.8, 4) is 0 Å². The molecule has 3 rings (SSSR count). The Labute approximate surface area is 128 Å². The van der Waals surface area contributed by atoms with Gasteiger partial charge in [0, 0.05) is 23.9 Å². The van der Waals surface area contributed by atoms with Crippen molar-refractivity contribution in [2.75, 3.05) is 5.06 Å². The van der Waals surface area contributed by atoms with Crippen LogP contribution in [0.1, 0.15) is 29.4 Å². The number of hydroxylamine groups is 1. The van der Waals surface area contributed by atoms with Gasteiger partial charge in [0.15, 0.2) is 0 Å². The lowest BCUT2D eigenvalue weighted by Crippen LogP contribution is -2.28. The van der Waals surface area contributed by atoms with Gasteiger partial charge in [-0.15, -0.1) is 5.06 Å². The molecule has 1 aliphatic heterocycles. The Hall–Kier alpha value is -2.82. The van der Waals surface area contributed by atoms with Crippen LogP contribution in [0.3, 0.4) is 0 Å². The summed E-state index contributed by atoms with van der Waals surface area (Å²) in [5.74, 6) is -0.876. The topological polar surface area (TPSA) is 62.4 Å². The van der Waals surface area contributed by atoms with E-state index in [0.29, 0.717) is 11.3 Å². The summed E-state index contributed by atoms with van der Waals surface area (Å²) in [6.07, 6.45) is 1.80. The molecule has 0 spiro atoms. The number of hydrogen-bond donors (Lipinski definition) is 1. The molecule has 1 aromatic carbocycles. The van der Waals surface area contributed by atoms with Gasteiger partial charge in [0.2, 0.25) is 0 Å². The molecule has 2 aromatic rings. The molecule has 0 atom stereocenters. The van der Waals surface area contributed by atoms with E-state index < -0.39 is 5.97 Å². The zero-order valence-corrected chi connectivity index (χ0v) is 12.6. The monoisotopic (exact) mass is 296 g/mol. The number of nitrogens with zero attached hydrogens (tertiary/aromatic N) is 1. The molecule has 0 saturated heterocycles. The molecule has 0 fully saturated rings. The van der Waals surface area contributed by atoms with Crippen LogP contribution in [0.5, 0.6) is 0 Å². The van der Waals surface area contributed by atoms with Crippen molar-refractivity contribution in [3.63, 3.8) is 0 Å². The van der Waals surface area contributed by atoms with E-state index in [2.05, 4.69) is 4.98 Å². The number of aromatic amines is 1. The van der Waals surface area contributed by atoms with Gasteiger partial charge in [0.25, 0.3) is 5.91 Å². The summed E-state index contributed by atoms with van der Waals surface area (Å²) in [6, 6.07) is 9.26. The van der Waals surface area contributed by atoms with Gasteiger partial charge >= 0.3 is 5.97 Å². The Morgan fingerprint density at radius 3 is 2.64 bits per heavy atom. The maximum atomic E-state index is 12.6. The third-order valence-corrected chi connectivity index (χ3v) is 3.53. The number of amides is 1. The van der Waals surface area contributed by atoms with Crippen LogP contribution in [0.2, 0.25) is 0 Å². The molecule has 1 aliphatic rings. The van der Waals surface area contributed by atoms with Crippen molar-refractivity contribution >= 4 is 29.2 Å². The lowest BCUT2D eigenvalue weighted by molar-refractivity contribution is -0.146. The predicted molar refractivity (Wildman–Crippen MR) is 83.8 cm³/mol. The number of H-pyrrole nitrogens is 1. The van der Waals surface area contributed by atoms with Crippen LogP contribution in [0.15, 0.2) is 30.3 Å². The van der Waals surface area contributed by atoms with Gasteiger partial charge in [-0.25, -0.2) is 4.79 Å². The highest BCUT2D eigenvalue weighted by Crippen LogP contribution is 2.38. The van der Waals surface area contributed by atoms with E-state index >= 15 is 0 Å². The molecule has 0 saturated carbocycles. The highest BCUT2D eigenvalue weighted by molar-refractivity contribution is 6.35. The summed E-state index contributed by atoms with van der Waals surface area (Å²) in [5.41, 5.74) is 4.79. The summed E-state index contributed by atoms with van der Waals surface area (Å²) in [5, 5.41) is 1.05. The number of aromatic nitrogens is 1. The van der Waals surface area contributed by atoms with Crippen LogP contribution in [-0.2, 0) is 14.4 Å². The SMILES string of the molecule is CC(=O)ON1C(=O)C(=Cc2[nH]c(C)cc2C)c2ccccc21. The second-order valence-electron chi connectivity index (χ2n) is 5.31. The van der Waals surface area contributed by atoms with Crippen molar-refractivity contribution in [2.45, 2.75) is 20.8 Å². The van der Waals surface area contributed by atoms with Crippen LogP contribution in [-0.4, -0.2) is 16.9 Å². The minimum Gasteiger partial charge on any atom is -0.359 e. The van der Waals surface area contributed by atoms with E-state index in [1.54, 1.807) is 18.2 Å². The van der Waals surface area contributed by atoms with Crippen molar-refractivity contribution in [1.29, 1.82) is 0 Å². The standard InChI is InChI=1S/C17H16N2O3/c1-10-8-11(2)18-15(10)9-14-13-6-4-5-7-16(13)19(17(14)21)22-12(3)20/h4-9,18H,1-3H3. The lowest BCUT2D eigenvalue weighted by Gasteiger charge is -2.14. The number of anilines is 1. The maximum Gasteiger partial charge on any atom is 0.330 e. The average molecular weight is 296 g/mol. The third-order valence-electron chi connectivity index (χ3n) is 3.53. The molecule has 22 heavy (non-hydrogen) atoms. The normalized spacial score (nSPS) is 15.3. The molecule has 0 radical (unpaired) electrons. The number of nitrogens with one attached hydrogen (secondary N) is 1. The van der Waals surface area contributed by atoms with E-state index in [4.69, 9.17) is 4.84 Å². The molecule has 1 amide bonds. The van der Waals surface area contributed by atoms with Crippen molar-refractivity contribution in [2.24, 2.45) is 0 Å². The molecule has 2 heterocycles. The number of para-hydroxylation sites is 1. The van der Waals surface area contributed by atoms with Crippen molar-refractivity contribution in [1.82, 2.24) is 4.98 Å². The van der Waals surface area contributed by atoms with Gasteiger partial charge in [-0.1, -0.05) is 18.2 Å². The van der Waals surface area contributed by atoms with Crippen LogP contribution in [0.4, 0.5) is 5.69 Å². The summed E-state index contributed by atoms with van der Waals surface area (Å²) in [6.45, 7) is 5.21. The van der Waals surface area contributed by atoms with Crippen LogP contribution < -0.4 is 5.06 Å². The quantitative estimate of drug-likeness (QED) is 0.867. The first-order chi connectivity index (χ1) is 10.5. The number of rotatable bonds is 2. The second-order valence-corrected chi connectivity index (χ2v) is 5.31. The van der Waals surface area contributed by atoms with Crippen molar-refractivity contribution in [3.05, 3.63) is 52.8 Å². The lowest BCUT2D eigenvalue weighted by atomic mass is 10.1. The zero-order chi connectivity index (χ0) is 15.9. The molecular weight excluding hydrogens is 280 g/mol. The number of aryl methyl sites for hydroxylation is 2. The first-order valence-electron chi connectivity index (χ1n) is 6.97. The largest absolute Gasteiger partial charge is 0.359 e. The number of carbonyl (C=O) groups excluding carboxylic acids is 2. The van der Waals surface area contributed by atoms with Crippen LogP contribution >= 0.6 is 0 Å². The molecule has 5 heteroatoms. The van der Waals surface area contributed by atoms with Gasteiger partial charge < -0.3 is 9.82 Å². The van der Waals surface area contributed by atoms with Crippen LogP contribution in [0, 0.1) is 13.8 Å². The van der Waals surface area contributed by atoms with Gasteiger partial charge in [0.1, 0.15) is 0 Å². The Balaban J connectivity index is 2.11. The fourth-order valence-corrected chi connectivity index (χ4v) is 2.62. The number of carbonyl (C=O) groups is 2. The molecule has 0 bridgehead atoms.